The SMILES string of the molecule is O=C(CCSC(=S)N1CCOCC1)c1ccccc1O. The minimum absolute atomic E-state index is 0.0401. The van der Waals surface area contributed by atoms with E-state index >= 15 is 0 Å². The van der Waals surface area contributed by atoms with Crippen molar-refractivity contribution in [1.29, 1.82) is 0 Å². The Morgan fingerprint density at radius 2 is 2.05 bits per heavy atom. The number of phenols is 1. The summed E-state index contributed by atoms with van der Waals surface area (Å²) in [5, 5.41) is 9.62. The maximum Gasteiger partial charge on any atom is 0.167 e. The molecular weight excluding hydrogens is 294 g/mol. The number of ketones is 1. The zero-order valence-corrected chi connectivity index (χ0v) is 12.7. The number of thioether (sulfide) groups is 1. The summed E-state index contributed by atoms with van der Waals surface area (Å²) >= 11 is 6.85. The maximum atomic E-state index is 12.0. The van der Waals surface area contributed by atoms with E-state index in [4.69, 9.17) is 17.0 Å². The van der Waals surface area contributed by atoms with E-state index in [1.807, 2.05) is 0 Å². The Kier molecular flexibility index (Phi) is 5.82. The van der Waals surface area contributed by atoms with Crippen molar-refractivity contribution in [2.75, 3.05) is 32.1 Å². The molecule has 0 aliphatic carbocycles. The number of hydrogen-bond acceptors (Lipinski definition) is 5. The van der Waals surface area contributed by atoms with Gasteiger partial charge in [0.1, 0.15) is 10.1 Å². The number of carbonyl (C=O) groups excluding carboxylic acids is 1. The monoisotopic (exact) mass is 311 g/mol. The Bertz CT molecular complexity index is 487. The molecule has 0 aromatic heterocycles. The lowest BCUT2D eigenvalue weighted by Gasteiger charge is -2.28. The van der Waals surface area contributed by atoms with Gasteiger partial charge in [-0.15, -0.1) is 0 Å². The number of Topliss-reactive ketones (excluding diaryl/α,β-unsaturated/α-hetero) is 1. The van der Waals surface area contributed by atoms with Crippen LogP contribution in [0, 0.1) is 0 Å². The van der Waals surface area contributed by atoms with Gasteiger partial charge in [-0.3, -0.25) is 4.79 Å². The van der Waals surface area contributed by atoms with E-state index in [0.717, 1.165) is 17.4 Å². The van der Waals surface area contributed by atoms with Crippen molar-refractivity contribution in [2.45, 2.75) is 6.42 Å². The lowest BCUT2D eigenvalue weighted by molar-refractivity contribution is 0.0702. The van der Waals surface area contributed by atoms with Gasteiger partial charge in [0, 0.05) is 25.3 Å². The average molecular weight is 311 g/mol. The molecule has 0 amide bonds. The van der Waals surface area contributed by atoms with Gasteiger partial charge in [0.25, 0.3) is 0 Å². The summed E-state index contributed by atoms with van der Waals surface area (Å²) in [5.74, 6) is 0.613. The number of rotatable bonds is 4. The van der Waals surface area contributed by atoms with Crippen LogP contribution in [0.2, 0.25) is 0 Å². The highest BCUT2D eigenvalue weighted by Crippen LogP contribution is 2.19. The zero-order valence-electron chi connectivity index (χ0n) is 11.1. The van der Waals surface area contributed by atoms with E-state index in [1.165, 1.54) is 17.8 Å². The molecule has 108 valence electrons. The van der Waals surface area contributed by atoms with Gasteiger partial charge in [0.05, 0.1) is 18.8 Å². The Balaban J connectivity index is 1.76. The maximum absolute atomic E-state index is 12.0. The van der Waals surface area contributed by atoms with Gasteiger partial charge < -0.3 is 14.7 Å². The molecule has 6 heteroatoms. The number of carbonyl (C=O) groups is 1. The highest BCUT2D eigenvalue weighted by molar-refractivity contribution is 8.22. The molecule has 1 saturated heterocycles. The summed E-state index contributed by atoms with van der Waals surface area (Å²) in [7, 11) is 0. The molecule has 0 atom stereocenters. The largest absolute Gasteiger partial charge is 0.507 e. The van der Waals surface area contributed by atoms with Crippen LogP contribution in [-0.4, -0.2) is 52.2 Å². The van der Waals surface area contributed by atoms with Crippen LogP contribution in [0.15, 0.2) is 24.3 Å². The van der Waals surface area contributed by atoms with Gasteiger partial charge in [-0.05, 0) is 12.1 Å². The van der Waals surface area contributed by atoms with Crippen molar-refractivity contribution < 1.29 is 14.6 Å². The smallest absolute Gasteiger partial charge is 0.167 e. The molecule has 1 aliphatic rings. The standard InChI is InChI=1S/C14H17NO3S2/c16-12-4-2-1-3-11(12)13(17)5-10-20-14(19)15-6-8-18-9-7-15/h1-4,16H,5-10H2. The highest BCUT2D eigenvalue weighted by atomic mass is 32.2. The molecule has 1 aliphatic heterocycles. The first-order valence-corrected chi connectivity index (χ1v) is 7.88. The number of aromatic hydroxyl groups is 1. The van der Waals surface area contributed by atoms with Crippen molar-refractivity contribution in [3.05, 3.63) is 29.8 Å². The number of thiocarbonyl (C=S) groups is 1. The number of para-hydroxylation sites is 1. The molecule has 1 N–H and O–H groups in total. The van der Waals surface area contributed by atoms with Crippen LogP contribution in [0.3, 0.4) is 0 Å². The van der Waals surface area contributed by atoms with Crippen LogP contribution >= 0.6 is 24.0 Å². The molecule has 0 unspecified atom stereocenters. The molecule has 1 aromatic carbocycles. The predicted octanol–water partition coefficient (Wildman–Crippen LogP) is 2.32. The van der Waals surface area contributed by atoms with E-state index in [0.29, 0.717) is 31.0 Å². The van der Waals surface area contributed by atoms with Crippen LogP contribution in [0.1, 0.15) is 16.8 Å². The first-order chi connectivity index (χ1) is 9.68. The second-order valence-electron chi connectivity index (χ2n) is 4.40. The van der Waals surface area contributed by atoms with Crippen molar-refractivity contribution >= 4 is 34.1 Å². The molecular formula is C14H17NO3S2. The lowest BCUT2D eigenvalue weighted by Crippen LogP contribution is -2.38. The van der Waals surface area contributed by atoms with Crippen molar-refractivity contribution in [3.63, 3.8) is 0 Å². The third-order valence-corrected chi connectivity index (χ3v) is 4.55. The fourth-order valence-electron chi connectivity index (χ4n) is 1.91. The Labute approximate surface area is 128 Å². The molecule has 0 saturated carbocycles. The molecule has 1 fully saturated rings. The Morgan fingerprint density at radius 3 is 2.75 bits per heavy atom. The van der Waals surface area contributed by atoms with E-state index in [2.05, 4.69) is 4.90 Å². The van der Waals surface area contributed by atoms with Crippen molar-refractivity contribution in [2.24, 2.45) is 0 Å². The summed E-state index contributed by atoms with van der Waals surface area (Å²) in [6.45, 7) is 3.05. The second kappa shape index (κ2) is 7.61. The minimum Gasteiger partial charge on any atom is -0.507 e. The van der Waals surface area contributed by atoms with E-state index in [-0.39, 0.29) is 11.5 Å². The first-order valence-electron chi connectivity index (χ1n) is 6.49. The van der Waals surface area contributed by atoms with E-state index < -0.39 is 0 Å². The average Bonchev–Trinajstić information content (AvgIpc) is 2.48. The van der Waals surface area contributed by atoms with Crippen LogP contribution in [0.4, 0.5) is 0 Å². The van der Waals surface area contributed by atoms with Crippen LogP contribution in [0.25, 0.3) is 0 Å². The lowest BCUT2D eigenvalue weighted by atomic mass is 10.1. The van der Waals surface area contributed by atoms with Crippen LogP contribution in [-0.2, 0) is 4.74 Å². The Morgan fingerprint density at radius 1 is 1.35 bits per heavy atom. The number of benzene rings is 1. The summed E-state index contributed by atoms with van der Waals surface area (Å²) in [6, 6.07) is 6.62. The first kappa shape index (κ1) is 15.3. The van der Waals surface area contributed by atoms with E-state index in [9.17, 15) is 9.90 Å². The number of nitrogens with zero attached hydrogens (tertiary/aromatic N) is 1. The fraction of sp³-hybridized carbons (Fsp3) is 0.429. The molecule has 1 aromatic rings. The third kappa shape index (κ3) is 4.19. The molecule has 0 bridgehead atoms. The van der Waals surface area contributed by atoms with E-state index in [1.54, 1.807) is 18.2 Å². The van der Waals surface area contributed by atoms with Gasteiger partial charge in [-0.1, -0.05) is 36.1 Å². The van der Waals surface area contributed by atoms with Gasteiger partial charge in [-0.2, -0.15) is 0 Å². The summed E-state index contributed by atoms with van der Waals surface area (Å²) < 4.78 is 6.09. The molecule has 0 radical (unpaired) electrons. The summed E-state index contributed by atoms with van der Waals surface area (Å²) in [4.78, 5) is 14.1. The molecule has 0 spiro atoms. The molecule has 1 heterocycles. The highest BCUT2D eigenvalue weighted by Gasteiger charge is 2.15. The quantitative estimate of drug-likeness (QED) is 0.680. The number of phenolic OH excluding ortho intramolecular Hbond substituents is 1. The van der Waals surface area contributed by atoms with Gasteiger partial charge >= 0.3 is 0 Å². The molecule has 20 heavy (non-hydrogen) atoms. The Hall–Kier alpha value is -1.11. The molecule has 2 rings (SSSR count). The number of ether oxygens (including phenoxy) is 1. The zero-order chi connectivity index (χ0) is 14.4. The second-order valence-corrected chi connectivity index (χ2v) is 6.13. The van der Waals surface area contributed by atoms with Crippen molar-refractivity contribution in [1.82, 2.24) is 4.90 Å². The fourth-order valence-corrected chi connectivity index (χ4v) is 3.17. The number of hydrogen-bond donors (Lipinski definition) is 1. The summed E-state index contributed by atoms with van der Waals surface area (Å²) in [6.07, 6.45) is 0.368. The van der Waals surface area contributed by atoms with Gasteiger partial charge in [-0.25, -0.2) is 0 Å². The minimum atomic E-state index is -0.0552. The normalized spacial score (nSPS) is 15.1. The van der Waals surface area contributed by atoms with Gasteiger partial charge in [0.15, 0.2) is 5.78 Å². The predicted molar refractivity (Wildman–Crippen MR) is 84.5 cm³/mol. The van der Waals surface area contributed by atoms with Crippen molar-refractivity contribution in [3.8, 4) is 5.75 Å². The third-order valence-electron chi connectivity index (χ3n) is 3.03. The number of morpholine rings is 1. The van der Waals surface area contributed by atoms with Crippen LogP contribution < -0.4 is 0 Å². The van der Waals surface area contributed by atoms with Gasteiger partial charge in [0.2, 0.25) is 0 Å². The molecule has 4 nitrogen and oxygen atoms in total. The van der Waals surface area contributed by atoms with Crippen LogP contribution in [0.5, 0.6) is 5.75 Å². The summed E-state index contributed by atoms with van der Waals surface area (Å²) in [5.41, 5.74) is 0.380. The topological polar surface area (TPSA) is 49.8 Å².